The molecule has 2 heteroatoms. The van der Waals surface area contributed by atoms with Gasteiger partial charge in [0.25, 0.3) is 0 Å². The third-order valence-corrected chi connectivity index (χ3v) is 6.53. The Bertz CT molecular complexity index is 905. The zero-order valence-electron chi connectivity index (χ0n) is 17.0. The molecule has 0 radical (unpaired) electrons. The summed E-state index contributed by atoms with van der Waals surface area (Å²) < 4.78 is 0. The molecule has 1 heterocycles. The fourth-order valence-corrected chi connectivity index (χ4v) is 4.91. The number of nitriles is 1. The number of nitrogens with zero attached hydrogens (tertiary/aromatic N) is 2. The maximum absolute atomic E-state index is 10.6. The molecule has 1 unspecified atom stereocenters. The van der Waals surface area contributed by atoms with Gasteiger partial charge in [-0.2, -0.15) is 5.26 Å². The van der Waals surface area contributed by atoms with E-state index in [4.69, 9.17) is 0 Å². The van der Waals surface area contributed by atoms with Crippen molar-refractivity contribution in [3.8, 4) is 6.07 Å². The molecule has 0 N–H and O–H groups in total. The van der Waals surface area contributed by atoms with Gasteiger partial charge in [0.05, 0.1) is 6.07 Å². The lowest BCUT2D eigenvalue weighted by atomic mass is 9.64. The van der Waals surface area contributed by atoms with Crippen molar-refractivity contribution in [3.05, 3.63) is 108 Å². The van der Waals surface area contributed by atoms with Gasteiger partial charge in [-0.1, -0.05) is 91.0 Å². The summed E-state index contributed by atoms with van der Waals surface area (Å²) in [5.41, 5.74) is 2.92. The Balaban J connectivity index is 1.73. The quantitative estimate of drug-likeness (QED) is 0.545. The zero-order chi connectivity index (χ0) is 20.1. The first-order valence-electron chi connectivity index (χ1n) is 10.6. The van der Waals surface area contributed by atoms with Gasteiger partial charge in [-0.15, -0.1) is 0 Å². The van der Waals surface area contributed by atoms with Crippen molar-refractivity contribution < 1.29 is 0 Å². The molecule has 0 bridgehead atoms. The third kappa shape index (κ3) is 3.71. The largest absolute Gasteiger partial charge is 0.296 e. The highest BCUT2D eigenvalue weighted by Gasteiger charge is 2.44. The standard InChI is InChI=1S/C27H28N2/c1-22(23-12-5-2-6-13-23)29-19-11-18-26(20-29)27(21-28,24-14-7-3-8-15-24)25-16-9-4-10-17-25/h2-10,12-17,22,26H,11,18-20H2,1H3/t22?,26-/m0/s1. The van der Waals surface area contributed by atoms with E-state index < -0.39 is 5.41 Å². The van der Waals surface area contributed by atoms with Crippen LogP contribution in [0.3, 0.4) is 0 Å². The highest BCUT2D eigenvalue weighted by atomic mass is 15.2. The second-order valence-electron chi connectivity index (χ2n) is 8.07. The van der Waals surface area contributed by atoms with Gasteiger partial charge in [-0.25, -0.2) is 0 Å². The Morgan fingerprint density at radius 2 is 1.38 bits per heavy atom. The van der Waals surface area contributed by atoms with Crippen LogP contribution in [0.5, 0.6) is 0 Å². The molecule has 29 heavy (non-hydrogen) atoms. The Morgan fingerprint density at radius 3 is 1.90 bits per heavy atom. The van der Waals surface area contributed by atoms with E-state index in [9.17, 15) is 5.26 Å². The molecule has 3 aromatic carbocycles. The van der Waals surface area contributed by atoms with Crippen LogP contribution < -0.4 is 0 Å². The average Bonchev–Trinajstić information content (AvgIpc) is 2.82. The summed E-state index contributed by atoms with van der Waals surface area (Å²) in [5.74, 6) is 0.247. The second-order valence-corrected chi connectivity index (χ2v) is 8.07. The summed E-state index contributed by atoms with van der Waals surface area (Å²) >= 11 is 0. The molecule has 146 valence electrons. The first-order chi connectivity index (χ1) is 14.3. The van der Waals surface area contributed by atoms with Crippen molar-refractivity contribution in [3.63, 3.8) is 0 Å². The number of rotatable bonds is 5. The summed E-state index contributed by atoms with van der Waals surface area (Å²) in [6.45, 7) is 4.29. The zero-order valence-corrected chi connectivity index (χ0v) is 17.0. The van der Waals surface area contributed by atoms with Gasteiger partial charge in [0, 0.05) is 12.6 Å². The van der Waals surface area contributed by atoms with Crippen LogP contribution >= 0.6 is 0 Å². The predicted octanol–water partition coefficient (Wildman–Crippen LogP) is 5.97. The van der Waals surface area contributed by atoms with E-state index in [0.717, 1.165) is 37.1 Å². The normalized spacial score (nSPS) is 18.7. The van der Waals surface area contributed by atoms with Crippen molar-refractivity contribution in [1.29, 1.82) is 5.26 Å². The van der Waals surface area contributed by atoms with E-state index in [1.54, 1.807) is 0 Å². The molecule has 0 aromatic heterocycles. The van der Waals surface area contributed by atoms with Crippen LogP contribution in [0.25, 0.3) is 0 Å². The van der Waals surface area contributed by atoms with Crippen molar-refractivity contribution in [2.45, 2.75) is 31.2 Å². The lowest BCUT2D eigenvalue weighted by molar-refractivity contribution is 0.111. The summed E-state index contributed by atoms with van der Waals surface area (Å²) in [6, 6.07) is 34.6. The highest BCUT2D eigenvalue weighted by Crippen LogP contribution is 2.44. The van der Waals surface area contributed by atoms with Crippen molar-refractivity contribution >= 4 is 0 Å². The van der Waals surface area contributed by atoms with Gasteiger partial charge in [-0.3, -0.25) is 4.90 Å². The molecular formula is C27H28N2. The van der Waals surface area contributed by atoms with E-state index in [0.29, 0.717) is 6.04 Å². The maximum atomic E-state index is 10.6. The lowest BCUT2D eigenvalue weighted by Crippen LogP contribution is -2.46. The maximum Gasteiger partial charge on any atom is 0.111 e. The summed E-state index contributed by atoms with van der Waals surface area (Å²) in [7, 11) is 0. The molecule has 4 rings (SSSR count). The minimum absolute atomic E-state index is 0.247. The topological polar surface area (TPSA) is 27.0 Å². The number of likely N-dealkylation sites (tertiary alicyclic amines) is 1. The molecule has 0 aliphatic carbocycles. The minimum Gasteiger partial charge on any atom is -0.296 e. The molecule has 2 atom stereocenters. The number of benzene rings is 3. The van der Waals surface area contributed by atoms with Gasteiger partial charge >= 0.3 is 0 Å². The SMILES string of the molecule is CC(c1ccccc1)N1CCC[C@H](C(C#N)(c2ccccc2)c2ccccc2)C1. The second kappa shape index (κ2) is 8.64. The van der Waals surface area contributed by atoms with E-state index in [-0.39, 0.29) is 5.92 Å². The molecule has 3 aromatic rings. The van der Waals surface area contributed by atoms with Crippen LogP contribution in [0.1, 0.15) is 42.5 Å². The van der Waals surface area contributed by atoms with Crippen LogP contribution in [-0.4, -0.2) is 18.0 Å². The van der Waals surface area contributed by atoms with Crippen LogP contribution in [-0.2, 0) is 5.41 Å². The van der Waals surface area contributed by atoms with Gasteiger partial charge in [0.2, 0.25) is 0 Å². The highest BCUT2D eigenvalue weighted by molar-refractivity contribution is 5.47. The molecule has 0 saturated carbocycles. The van der Waals surface area contributed by atoms with E-state index in [1.165, 1.54) is 5.56 Å². The summed E-state index contributed by atoms with van der Waals surface area (Å²) in [5, 5.41) is 10.6. The van der Waals surface area contributed by atoms with Gasteiger partial charge < -0.3 is 0 Å². The number of piperidine rings is 1. The van der Waals surface area contributed by atoms with Crippen LogP contribution in [0, 0.1) is 17.2 Å². The molecule has 1 aliphatic heterocycles. The van der Waals surface area contributed by atoms with Crippen molar-refractivity contribution in [2.24, 2.45) is 5.92 Å². The minimum atomic E-state index is -0.627. The average molecular weight is 381 g/mol. The molecule has 2 nitrogen and oxygen atoms in total. The summed E-state index contributed by atoms with van der Waals surface area (Å²) in [6.07, 6.45) is 2.18. The van der Waals surface area contributed by atoms with E-state index >= 15 is 0 Å². The number of hydrogen-bond donors (Lipinski definition) is 0. The Hall–Kier alpha value is -2.89. The first kappa shape index (κ1) is 19.4. The monoisotopic (exact) mass is 380 g/mol. The van der Waals surface area contributed by atoms with E-state index in [2.05, 4.69) is 96.8 Å². The fraction of sp³-hybridized carbons (Fsp3) is 0.296. The van der Waals surface area contributed by atoms with Crippen LogP contribution in [0.15, 0.2) is 91.0 Å². The fourth-order valence-electron chi connectivity index (χ4n) is 4.91. The molecular weight excluding hydrogens is 352 g/mol. The Labute approximate surface area is 174 Å². The summed E-state index contributed by atoms with van der Waals surface area (Å²) in [4.78, 5) is 2.56. The third-order valence-electron chi connectivity index (χ3n) is 6.53. The van der Waals surface area contributed by atoms with Gasteiger partial charge in [0.15, 0.2) is 0 Å². The predicted molar refractivity (Wildman–Crippen MR) is 118 cm³/mol. The molecule has 1 saturated heterocycles. The van der Waals surface area contributed by atoms with Crippen molar-refractivity contribution in [1.82, 2.24) is 4.90 Å². The van der Waals surface area contributed by atoms with Crippen LogP contribution in [0.2, 0.25) is 0 Å². The molecule has 0 spiro atoms. The van der Waals surface area contributed by atoms with Gasteiger partial charge in [0.1, 0.15) is 5.41 Å². The van der Waals surface area contributed by atoms with Gasteiger partial charge in [-0.05, 0) is 48.9 Å². The van der Waals surface area contributed by atoms with E-state index in [1.807, 2.05) is 12.1 Å². The lowest BCUT2D eigenvalue weighted by Gasteiger charge is -2.44. The molecule has 1 fully saturated rings. The Kier molecular flexibility index (Phi) is 5.79. The van der Waals surface area contributed by atoms with Crippen molar-refractivity contribution in [2.75, 3.05) is 13.1 Å². The first-order valence-corrected chi connectivity index (χ1v) is 10.6. The molecule has 1 aliphatic rings. The van der Waals surface area contributed by atoms with Crippen LogP contribution in [0.4, 0.5) is 0 Å². The Morgan fingerprint density at radius 1 is 0.862 bits per heavy atom. The number of hydrogen-bond acceptors (Lipinski definition) is 2. The molecule has 0 amide bonds. The smallest absolute Gasteiger partial charge is 0.111 e.